The van der Waals surface area contributed by atoms with E-state index in [2.05, 4.69) is 13.8 Å². The minimum absolute atomic E-state index is 0.115. The Labute approximate surface area is 140 Å². The van der Waals surface area contributed by atoms with Gasteiger partial charge in [-0.15, -0.1) is 0 Å². The average Bonchev–Trinajstić information content (AvgIpc) is 2.83. The summed E-state index contributed by atoms with van der Waals surface area (Å²) in [4.78, 5) is 16.0. The minimum Gasteiger partial charge on any atom is -0.322 e. The van der Waals surface area contributed by atoms with Crippen molar-refractivity contribution in [1.82, 2.24) is 9.80 Å². The molecule has 1 heterocycles. The maximum Gasteiger partial charge on any atom is 0.355 e. The van der Waals surface area contributed by atoms with Gasteiger partial charge in [-0.1, -0.05) is 26.3 Å². The van der Waals surface area contributed by atoms with Gasteiger partial charge in [0.1, 0.15) is 0 Å². The van der Waals surface area contributed by atoms with E-state index in [-0.39, 0.29) is 6.03 Å². The Bertz CT molecular complexity index is 451. The van der Waals surface area contributed by atoms with E-state index in [0.717, 1.165) is 24.8 Å². The zero-order chi connectivity index (χ0) is 17.5. The van der Waals surface area contributed by atoms with E-state index in [9.17, 15) is 9.36 Å². The van der Waals surface area contributed by atoms with Crippen LogP contribution >= 0.6 is 7.60 Å². The summed E-state index contributed by atoms with van der Waals surface area (Å²) >= 11 is 0. The average molecular weight is 346 g/mol. The fourth-order valence-electron chi connectivity index (χ4n) is 2.70. The Balaban J connectivity index is 3.19. The maximum absolute atomic E-state index is 13.2. The summed E-state index contributed by atoms with van der Waals surface area (Å²) in [5, 5.41) is 0. The molecule has 2 amide bonds. The van der Waals surface area contributed by atoms with Gasteiger partial charge < -0.3 is 13.9 Å². The Morgan fingerprint density at radius 1 is 1.17 bits per heavy atom. The molecule has 1 aliphatic rings. The number of amides is 2. The first kappa shape index (κ1) is 20.2. The molecule has 0 spiro atoms. The van der Waals surface area contributed by atoms with Crippen molar-refractivity contribution >= 4 is 13.6 Å². The molecule has 1 rings (SSSR count). The molecule has 0 radical (unpaired) electrons. The van der Waals surface area contributed by atoms with Gasteiger partial charge in [0.25, 0.3) is 0 Å². The van der Waals surface area contributed by atoms with E-state index in [1.54, 1.807) is 23.6 Å². The Hall–Kier alpha value is -0.840. The molecule has 1 aliphatic heterocycles. The molecule has 0 aromatic carbocycles. The van der Waals surface area contributed by atoms with Crippen LogP contribution < -0.4 is 0 Å². The molecular formula is C16H31N2O4P. The summed E-state index contributed by atoms with van der Waals surface area (Å²) < 4.78 is 24.2. The fraction of sp³-hybridized carbons (Fsp3) is 0.812. The summed E-state index contributed by atoms with van der Waals surface area (Å²) in [7, 11) is -3.38. The molecule has 0 aromatic heterocycles. The predicted octanol–water partition coefficient (Wildman–Crippen LogP) is 4.43. The smallest absolute Gasteiger partial charge is 0.322 e. The van der Waals surface area contributed by atoms with Crippen LogP contribution in [0.15, 0.2) is 11.8 Å². The monoisotopic (exact) mass is 346 g/mol. The summed E-state index contributed by atoms with van der Waals surface area (Å²) in [6, 6.07) is -0.115. The van der Waals surface area contributed by atoms with E-state index < -0.39 is 13.4 Å². The second-order valence-electron chi connectivity index (χ2n) is 5.49. The lowest BCUT2D eigenvalue weighted by Gasteiger charge is -2.27. The molecule has 1 atom stereocenters. The van der Waals surface area contributed by atoms with Crippen molar-refractivity contribution in [2.75, 3.05) is 26.3 Å². The van der Waals surface area contributed by atoms with Gasteiger partial charge in [0.15, 0.2) is 5.78 Å². The summed E-state index contributed by atoms with van der Waals surface area (Å²) in [5.41, 5.74) is 1.14. The van der Waals surface area contributed by atoms with Gasteiger partial charge in [-0.2, -0.15) is 0 Å². The molecule has 0 saturated carbocycles. The molecule has 7 heteroatoms. The van der Waals surface area contributed by atoms with Crippen LogP contribution in [-0.4, -0.2) is 47.9 Å². The Morgan fingerprint density at radius 3 is 2.17 bits per heavy atom. The lowest BCUT2D eigenvalue weighted by Crippen LogP contribution is -2.32. The number of nitrogens with zero attached hydrogens (tertiary/aromatic N) is 2. The number of allylic oxidation sites excluding steroid dienone is 1. The Kier molecular flexibility index (Phi) is 8.31. The molecule has 0 aromatic rings. The molecule has 1 unspecified atom stereocenters. The van der Waals surface area contributed by atoms with Crippen molar-refractivity contribution in [2.45, 2.75) is 59.7 Å². The van der Waals surface area contributed by atoms with Crippen LogP contribution in [0.25, 0.3) is 0 Å². The highest BCUT2D eigenvalue weighted by molar-refractivity contribution is 7.54. The van der Waals surface area contributed by atoms with Crippen LogP contribution in [0.3, 0.4) is 0 Å². The van der Waals surface area contributed by atoms with Crippen molar-refractivity contribution in [3.8, 4) is 0 Å². The van der Waals surface area contributed by atoms with Crippen LogP contribution in [0.5, 0.6) is 0 Å². The van der Waals surface area contributed by atoms with Gasteiger partial charge in [-0.25, -0.2) is 4.79 Å². The third kappa shape index (κ3) is 4.82. The summed E-state index contributed by atoms with van der Waals surface area (Å²) in [6.07, 6.45) is 4.41. The number of hydrogen-bond donors (Lipinski definition) is 0. The van der Waals surface area contributed by atoms with Crippen molar-refractivity contribution in [3.63, 3.8) is 0 Å². The van der Waals surface area contributed by atoms with E-state index in [0.29, 0.717) is 26.3 Å². The highest BCUT2D eigenvalue weighted by atomic mass is 31.2. The number of hydrogen-bond acceptors (Lipinski definition) is 4. The lowest BCUT2D eigenvalue weighted by molar-refractivity contribution is 0.190. The van der Waals surface area contributed by atoms with Gasteiger partial charge in [0.05, 0.1) is 19.8 Å². The second-order valence-corrected chi connectivity index (χ2v) is 7.68. The third-order valence-corrected chi connectivity index (χ3v) is 6.28. The number of rotatable bonds is 10. The van der Waals surface area contributed by atoms with E-state index in [4.69, 9.17) is 9.05 Å². The van der Waals surface area contributed by atoms with Crippen molar-refractivity contribution in [2.24, 2.45) is 0 Å². The standard InChI is InChI=1S/C16H31N2O4P/c1-6-11-17-13-15(23(20,21-9-4)22-10-5)18(16(17)19)12-14(7-2)8-3/h12,15H,6-11,13H2,1-5H3. The Morgan fingerprint density at radius 2 is 1.74 bits per heavy atom. The highest BCUT2D eigenvalue weighted by Crippen LogP contribution is 2.56. The number of urea groups is 1. The molecule has 1 fully saturated rings. The SMILES string of the molecule is CCCN1CC(P(=O)(OCC)OCC)N(C=C(CC)CC)C1=O. The largest absolute Gasteiger partial charge is 0.355 e. The zero-order valence-electron chi connectivity index (χ0n) is 15.1. The molecule has 23 heavy (non-hydrogen) atoms. The second kappa shape index (κ2) is 9.45. The summed E-state index contributed by atoms with van der Waals surface area (Å²) in [6.45, 7) is 11.3. The quantitative estimate of drug-likeness (QED) is 0.549. The molecule has 1 saturated heterocycles. The number of carbonyl (C=O) groups excluding carboxylic acids is 1. The van der Waals surface area contributed by atoms with Gasteiger partial charge >= 0.3 is 13.6 Å². The van der Waals surface area contributed by atoms with Crippen molar-refractivity contribution in [1.29, 1.82) is 0 Å². The first-order chi connectivity index (χ1) is 11.0. The van der Waals surface area contributed by atoms with E-state index in [1.165, 1.54) is 0 Å². The van der Waals surface area contributed by atoms with Crippen LogP contribution in [0, 0.1) is 0 Å². The molecule has 0 aliphatic carbocycles. The lowest BCUT2D eigenvalue weighted by atomic mass is 10.2. The first-order valence-corrected chi connectivity index (χ1v) is 10.2. The highest BCUT2D eigenvalue weighted by Gasteiger charge is 2.48. The maximum atomic E-state index is 13.2. The molecule has 134 valence electrons. The van der Waals surface area contributed by atoms with Crippen molar-refractivity contribution < 1.29 is 18.4 Å². The molecule has 0 bridgehead atoms. The zero-order valence-corrected chi connectivity index (χ0v) is 16.0. The topological polar surface area (TPSA) is 59.1 Å². The first-order valence-electron chi connectivity index (χ1n) is 8.62. The van der Waals surface area contributed by atoms with E-state index >= 15 is 0 Å². The predicted molar refractivity (Wildman–Crippen MR) is 92.4 cm³/mol. The van der Waals surface area contributed by atoms with Crippen LogP contribution in [-0.2, 0) is 13.6 Å². The van der Waals surface area contributed by atoms with Crippen LogP contribution in [0.2, 0.25) is 0 Å². The minimum atomic E-state index is -3.38. The van der Waals surface area contributed by atoms with Crippen molar-refractivity contribution in [3.05, 3.63) is 11.8 Å². The molecular weight excluding hydrogens is 315 g/mol. The fourth-order valence-corrected chi connectivity index (χ4v) is 4.71. The normalized spacial score (nSPS) is 18.7. The molecule has 0 N–H and O–H groups in total. The van der Waals surface area contributed by atoms with Crippen LogP contribution in [0.4, 0.5) is 4.79 Å². The van der Waals surface area contributed by atoms with Gasteiger partial charge in [-0.3, -0.25) is 9.46 Å². The molecule has 6 nitrogen and oxygen atoms in total. The third-order valence-electron chi connectivity index (χ3n) is 3.90. The van der Waals surface area contributed by atoms with Gasteiger partial charge in [0.2, 0.25) is 0 Å². The van der Waals surface area contributed by atoms with Gasteiger partial charge in [0, 0.05) is 12.7 Å². The van der Waals surface area contributed by atoms with Gasteiger partial charge in [-0.05, 0) is 33.1 Å². The number of carbonyl (C=O) groups is 1. The summed E-state index contributed by atoms with van der Waals surface area (Å²) in [5.74, 6) is -0.574. The van der Waals surface area contributed by atoms with E-state index in [1.807, 2.05) is 13.1 Å². The van der Waals surface area contributed by atoms with Crippen LogP contribution in [0.1, 0.15) is 53.9 Å².